The first-order valence-electron chi connectivity index (χ1n) is 6.99. The minimum absolute atomic E-state index is 0.0355. The average Bonchev–Trinajstić information content (AvgIpc) is 2.43. The summed E-state index contributed by atoms with van der Waals surface area (Å²) < 4.78 is 37.8. The predicted octanol–water partition coefficient (Wildman–Crippen LogP) is 2.70. The maximum atomic E-state index is 12.6. The molecule has 2 amide bonds. The molecule has 0 aliphatic rings. The Morgan fingerprint density at radius 2 is 1.96 bits per heavy atom. The number of carbonyl (C=O) groups is 2. The molecule has 1 aromatic carbocycles. The van der Waals surface area contributed by atoms with E-state index >= 15 is 0 Å². The molecule has 0 aliphatic heterocycles. The lowest BCUT2D eigenvalue weighted by atomic mass is 10.1. The van der Waals surface area contributed by atoms with E-state index in [1.54, 1.807) is 13.8 Å². The number of hydrogen-bond acceptors (Lipinski definition) is 2. The summed E-state index contributed by atoms with van der Waals surface area (Å²) in [6.45, 7) is 3.48. The van der Waals surface area contributed by atoms with Crippen LogP contribution in [-0.4, -0.2) is 36.3 Å². The van der Waals surface area contributed by atoms with Crippen molar-refractivity contribution in [3.8, 4) is 0 Å². The van der Waals surface area contributed by atoms with Crippen molar-refractivity contribution in [2.75, 3.05) is 13.6 Å². The van der Waals surface area contributed by atoms with Crippen LogP contribution in [0.2, 0.25) is 0 Å². The lowest BCUT2D eigenvalue weighted by molar-refractivity contribution is -0.137. The zero-order chi connectivity index (χ0) is 17.6. The first-order valence-corrected chi connectivity index (χ1v) is 6.99. The predicted molar refractivity (Wildman–Crippen MR) is 81.4 cm³/mol. The van der Waals surface area contributed by atoms with Gasteiger partial charge in [0.2, 0.25) is 11.8 Å². The van der Waals surface area contributed by atoms with Crippen LogP contribution in [-0.2, 0) is 15.8 Å². The second-order valence-corrected chi connectivity index (χ2v) is 5.37. The van der Waals surface area contributed by atoms with Gasteiger partial charge in [-0.15, -0.1) is 0 Å². The summed E-state index contributed by atoms with van der Waals surface area (Å²) >= 11 is 0. The molecule has 0 aromatic heterocycles. The minimum atomic E-state index is -4.43. The molecule has 0 heterocycles. The topological polar surface area (TPSA) is 49.4 Å². The fraction of sp³-hybridized carbons (Fsp3) is 0.375. The van der Waals surface area contributed by atoms with Crippen LogP contribution in [0.15, 0.2) is 30.3 Å². The summed E-state index contributed by atoms with van der Waals surface area (Å²) in [4.78, 5) is 24.6. The zero-order valence-electron chi connectivity index (χ0n) is 13.1. The summed E-state index contributed by atoms with van der Waals surface area (Å²) in [5, 5.41) is 2.64. The molecular weight excluding hydrogens is 309 g/mol. The van der Waals surface area contributed by atoms with Crippen molar-refractivity contribution in [1.82, 2.24) is 10.2 Å². The van der Waals surface area contributed by atoms with Gasteiger partial charge >= 0.3 is 6.18 Å². The molecule has 0 unspecified atom stereocenters. The standard InChI is InChI=1S/C16H19F3N2O2/c1-11(2)20-14(22)10-21(3)15(23)8-7-12-5-4-6-13(9-12)16(17,18)19/h4-9,11H,10H2,1-3H3,(H,20,22)/b8-7+. The van der Waals surface area contributed by atoms with Crippen molar-refractivity contribution in [2.45, 2.75) is 26.1 Å². The molecule has 4 nitrogen and oxygen atoms in total. The fourth-order valence-corrected chi connectivity index (χ4v) is 1.77. The third-order valence-corrected chi connectivity index (χ3v) is 2.84. The van der Waals surface area contributed by atoms with Crippen LogP contribution in [0.3, 0.4) is 0 Å². The molecule has 0 spiro atoms. The van der Waals surface area contributed by atoms with Crippen molar-refractivity contribution in [3.05, 3.63) is 41.5 Å². The van der Waals surface area contributed by atoms with Gasteiger partial charge in [0.15, 0.2) is 0 Å². The van der Waals surface area contributed by atoms with Crippen LogP contribution in [0.5, 0.6) is 0 Å². The Hall–Kier alpha value is -2.31. The van der Waals surface area contributed by atoms with Crippen molar-refractivity contribution in [2.24, 2.45) is 0 Å². The molecule has 0 fully saturated rings. The van der Waals surface area contributed by atoms with Crippen LogP contribution < -0.4 is 5.32 Å². The summed E-state index contributed by atoms with van der Waals surface area (Å²) in [7, 11) is 1.44. The molecule has 1 aromatic rings. The van der Waals surface area contributed by atoms with Crippen LogP contribution in [0.25, 0.3) is 6.08 Å². The normalized spacial score (nSPS) is 11.8. The summed E-state index contributed by atoms with van der Waals surface area (Å²) in [6, 6.07) is 4.61. The second-order valence-electron chi connectivity index (χ2n) is 5.37. The molecule has 1 N–H and O–H groups in total. The van der Waals surface area contributed by atoms with Crippen molar-refractivity contribution < 1.29 is 22.8 Å². The molecule has 0 saturated carbocycles. The van der Waals surface area contributed by atoms with E-state index in [2.05, 4.69) is 5.32 Å². The highest BCUT2D eigenvalue weighted by Gasteiger charge is 2.30. The molecule has 23 heavy (non-hydrogen) atoms. The Morgan fingerprint density at radius 3 is 2.52 bits per heavy atom. The number of nitrogens with one attached hydrogen (secondary N) is 1. The van der Waals surface area contributed by atoms with Gasteiger partial charge in [0.1, 0.15) is 0 Å². The minimum Gasteiger partial charge on any atom is -0.352 e. The smallest absolute Gasteiger partial charge is 0.352 e. The van der Waals surface area contributed by atoms with Crippen LogP contribution in [0.1, 0.15) is 25.0 Å². The summed E-state index contributed by atoms with van der Waals surface area (Å²) in [5.41, 5.74) is -0.523. The van der Waals surface area contributed by atoms with Gasteiger partial charge in [-0.1, -0.05) is 12.1 Å². The lowest BCUT2D eigenvalue weighted by Crippen LogP contribution is -2.40. The van der Waals surface area contributed by atoms with Crippen LogP contribution in [0, 0.1) is 0 Å². The number of alkyl halides is 3. The van der Waals surface area contributed by atoms with E-state index < -0.39 is 17.6 Å². The van der Waals surface area contributed by atoms with Crippen LogP contribution in [0.4, 0.5) is 13.2 Å². The third-order valence-electron chi connectivity index (χ3n) is 2.84. The van der Waals surface area contributed by atoms with E-state index in [4.69, 9.17) is 0 Å². The highest BCUT2D eigenvalue weighted by Crippen LogP contribution is 2.29. The highest BCUT2D eigenvalue weighted by atomic mass is 19.4. The first kappa shape index (κ1) is 18.7. The summed E-state index contributed by atoms with van der Waals surface area (Å²) in [5.74, 6) is -0.773. The van der Waals surface area contributed by atoms with Gasteiger partial charge in [0, 0.05) is 19.2 Å². The van der Waals surface area contributed by atoms with Gasteiger partial charge in [-0.3, -0.25) is 9.59 Å². The van der Waals surface area contributed by atoms with Gasteiger partial charge in [0.05, 0.1) is 12.1 Å². The van der Waals surface area contributed by atoms with Gasteiger partial charge in [-0.25, -0.2) is 0 Å². The Kier molecular flexibility index (Phi) is 6.36. The van der Waals surface area contributed by atoms with Crippen molar-refractivity contribution in [1.29, 1.82) is 0 Å². The van der Waals surface area contributed by atoms with E-state index in [-0.39, 0.29) is 24.1 Å². The van der Waals surface area contributed by atoms with E-state index in [9.17, 15) is 22.8 Å². The molecule has 0 bridgehead atoms. The second kappa shape index (κ2) is 7.80. The highest BCUT2D eigenvalue weighted by molar-refractivity contribution is 5.94. The number of nitrogens with zero attached hydrogens (tertiary/aromatic N) is 1. The maximum Gasteiger partial charge on any atom is 0.416 e. The van der Waals surface area contributed by atoms with E-state index in [0.717, 1.165) is 18.2 Å². The number of carbonyl (C=O) groups excluding carboxylic acids is 2. The SMILES string of the molecule is CC(C)NC(=O)CN(C)C(=O)/C=C/c1cccc(C(F)(F)F)c1. The lowest BCUT2D eigenvalue weighted by Gasteiger charge is -2.16. The number of amides is 2. The number of likely N-dealkylation sites (N-methyl/N-ethyl adjacent to an activating group) is 1. The monoisotopic (exact) mass is 328 g/mol. The molecule has 126 valence electrons. The molecule has 0 atom stereocenters. The van der Waals surface area contributed by atoms with Crippen molar-refractivity contribution in [3.63, 3.8) is 0 Å². The Morgan fingerprint density at radius 1 is 1.30 bits per heavy atom. The zero-order valence-corrected chi connectivity index (χ0v) is 13.1. The van der Waals surface area contributed by atoms with E-state index in [0.29, 0.717) is 0 Å². The summed E-state index contributed by atoms with van der Waals surface area (Å²) in [6.07, 6.45) is -2.01. The fourth-order valence-electron chi connectivity index (χ4n) is 1.77. The van der Waals surface area contributed by atoms with Gasteiger partial charge in [-0.05, 0) is 37.6 Å². The Balaban J connectivity index is 2.70. The van der Waals surface area contributed by atoms with Crippen LogP contribution >= 0.6 is 0 Å². The Labute approximate surface area is 133 Å². The quantitative estimate of drug-likeness (QED) is 0.845. The average molecular weight is 328 g/mol. The van der Waals surface area contributed by atoms with E-state index in [1.165, 1.54) is 30.2 Å². The molecule has 0 saturated heterocycles. The van der Waals surface area contributed by atoms with Crippen molar-refractivity contribution >= 4 is 17.9 Å². The number of halogens is 3. The van der Waals surface area contributed by atoms with Gasteiger partial charge in [-0.2, -0.15) is 13.2 Å². The third kappa shape index (κ3) is 6.54. The molecule has 7 heteroatoms. The molecule has 0 aliphatic carbocycles. The number of rotatable bonds is 5. The van der Waals surface area contributed by atoms with E-state index in [1.807, 2.05) is 0 Å². The van der Waals surface area contributed by atoms with Gasteiger partial charge in [0.25, 0.3) is 0 Å². The van der Waals surface area contributed by atoms with Gasteiger partial charge < -0.3 is 10.2 Å². The first-order chi connectivity index (χ1) is 10.6. The Bertz CT molecular complexity index is 595. The molecule has 1 rings (SSSR count). The number of hydrogen-bond donors (Lipinski definition) is 1. The number of benzene rings is 1. The largest absolute Gasteiger partial charge is 0.416 e. The maximum absolute atomic E-state index is 12.6. The molecule has 0 radical (unpaired) electrons. The molecular formula is C16H19F3N2O2.